The summed E-state index contributed by atoms with van der Waals surface area (Å²) in [6.45, 7) is 0.127. The molecule has 1 aromatic heterocycles. The predicted octanol–water partition coefficient (Wildman–Crippen LogP) is 5.68. The van der Waals surface area contributed by atoms with Gasteiger partial charge in [-0.05, 0) is 59.7 Å². The van der Waals surface area contributed by atoms with E-state index in [-0.39, 0.29) is 49.0 Å². The molecule has 222 valence electrons. The maximum atomic E-state index is 14.3. The number of nitrogens with one attached hydrogen (secondary N) is 1. The molecule has 0 spiro atoms. The Morgan fingerprint density at radius 1 is 1.14 bits per heavy atom. The van der Waals surface area contributed by atoms with Crippen LogP contribution >= 0.6 is 0 Å². The molecule has 4 aliphatic rings. The number of ether oxygens (including phenoxy) is 1. The molecule has 7 rings (SSSR count). The van der Waals surface area contributed by atoms with Crippen molar-refractivity contribution in [3.05, 3.63) is 69.8 Å². The van der Waals surface area contributed by atoms with Crippen LogP contribution in [0.25, 0.3) is 0 Å². The van der Waals surface area contributed by atoms with Crippen LogP contribution in [0.4, 0.5) is 27.6 Å². The van der Waals surface area contributed by atoms with Crippen molar-refractivity contribution in [1.82, 2.24) is 20.1 Å². The SMILES string of the molecule is Cn1cnnc1C1(c2cc3c(c(N4Cc5c(cc(CN[C@H]6CCC(F)(F)C6)cc5C(F)(F)F)C4=O)c2)OCC3)CCC1. The lowest BCUT2D eigenvalue weighted by molar-refractivity contribution is -0.138. The van der Waals surface area contributed by atoms with Crippen molar-refractivity contribution in [2.45, 2.75) is 81.6 Å². The number of amides is 1. The summed E-state index contributed by atoms with van der Waals surface area (Å²) >= 11 is 0. The number of alkyl halides is 5. The highest BCUT2D eigenvalue weighted by Gasteiger charge is 2.47. The van der Waals surface area contributed by atoms with Gasteiger partial charge in [0.2, 0.25) is 5.92 Å². The van der Waals surface area contributed by atoms with Gasteiger partial charge >= 0.3 is 6.18 Å². The zero-order chi connectivity index (χ0) is 29.4. The number of rotatable bonds is 6. The second-order valence-electron chi connectivity index (χ2n) is 12.0. The lowest BCUT2D eigenvalue weighted by Crippen LogP contribution is -2.38. The number of anilines is 1. The quantitative estimate of drug-likeness (QED) is 0.376. The number of hydrogen-bond donors (Lipinski definition) is 1. The number of carbonyl (C=O) groups is 1. The third kappa shape index (κ3) is 4.37. The molecular formula is C30H30F5N5O2. The highest BCUT2D eigenvalue weighted by Crippen LogP contribution is 2.52. The van der Waals surface area contributed by atoms with Gasteiger partial charge in [-0.2, -0.15) is 13.2 Å². The molecular weight excluding hydrogens is 557 g/mol. The minimum Gasteiger partial charge on any atom is -0.491 e. The number of benzene rings is 2. The number of carbonyl (C=O) groups excluding carboxylic acids is 1. The fraction of sp³-hybridized carbons (Fsp3) is 0.500. The Bertz CT molecular complexity index is 1580. The van der Waals surface area contributed by atoms with Gasteiger partial charge < -0.3 is 19.5 Å². The molecule has 0 radical (unpaired) electrons. The van der Waals surface area contributed by atoms with Crippen LogP contribution in [0.2, 0.25) is 0 Å². The largest absolute Gasteiger partial charge is 0.491 e. The number of aryl methyl sites for hydroxylation is 1. The van der Waals surface area contributed by atoms with Crippen LogP contribution in [0.1, 0.15) is 82.5 Å². The minimum atomic E-state index is -4.70. The number of fused-ring (bicyclic) bond motifs is 2. The molecule has 0 unspecified atom stereocenters. The van der Waals surface area contributed by atoms with Gasteiger partial charge in [0.05, 0.1) is 29.8 Å². The smallest absolute Gasteiger partial charge is 0.416 e. The summed E-state index contributed by atoms with van der Waals surface area (Å²) in [6.07, 6.45) is -0.0999. The van der Waals surface area contributed by atoms with Crippen molar-refractivity contribution < 1.29 is 31.5 Å². The second-order valence-corrected chi connectivity index (χ2v) is 12.0. The fourth-order valence-corrected chi connectivity index (χ4v) is 7.06. The summed E-state index contributed by atoms with van der Waals surface area (Å²) in [5, 5.41) is 11.4. The third-order valence-electron chi connectivity index (χ3n) is 9.36. The van der Waals surface area contributed by atoms with E-state index in [9.17, 15) is 26.7 Å². The van der Waals surface area contributed by atoms with Crippen LogP contribution in [-0.4, -0.2) is 39.2 Å². The van der Waals surface area contributed by atoms with Crippen molar-refractivity contribution in [1.29, 1.82) is 0 Å². The summed E-state index contributed by atoms with van der Waals surface area (Å²) in [6, 6.07) is 5.95. The molecule has 2 saturated carbocycles. The van der Waals surface area contributed by atoms with E-state index in [1.807, 2.05) is 17.7 Å². The Labute approximate surface area is 239 Å². The Morgan fingerprint density at radius 2 is 1.95 bits per heavy atom. The average molecular weight is 588 g/mol. The molecule has 0 saturated heterocycles. The molecule has 3 aromatic rings. The first-order chi connectivity index (χ1) is 20.0. The number of hydrogen-bond acceptors (Lipinski definition) is 5. The van der Waals surface area contributed by atoms with Crippen molar-refractivity contribution >= 4 is 11.6 Å². The Hall–Kier alpha value is -3.54. The van der Waals surface area contributed by atoms with Crippen LogP contribution < -0.4 is 15.0 Å². The number of halogens is 5. The monoisotopic (exact) mass is 587 g/mol. The van der Waals surface area contributed by atoms with Gasteiger partial charge in [0.15, 0.2) is 0 Å². The minimum absolute atomic E-state index is 0.0258. The first-order valence-corrected chi connectivity index (χ1v) is 14.3. The molecule has 7 nitrogen and oxygen atoms in total. The molecule has 2 aliphatic carbocycles. The van der Waals surface area contributed by atoms with E-state index in [0.717, 1.165) is 42.3 Å². The first-order valence-electron chi connectivity index (χ1n) is 14.3. The van der Waals surface area contributed by atoms with Gasteiger partial charge in [0.1, 0.15) is 17.9 Å². The van der Waals surface area contributed by atoms with E-state index in [4.69, 9.17) is 4.74 Å². The fourth-order valence-electron chi connectivity index (χ4n) is 7.06. The topological polar surface area (TPSA) is 72.3 Å². The lowest BCUT2D eigenvalue weighted by atomic mass is 9.63. The maximum absolute atomic E-state index is 14.3. The van der Waals surface area contributed by atoms with Crippen LogP contribution in [0.5, 0.6) is 5.75 Å². The molecule has 42 heavy (non-hydrogen) atoms. The number of aromatic nitrogens is 3. The van der Waals surface area contributed by atoms with E-state index in [1.165, 1.54) is 11.0 Å². The first kappa shape index (κ1) is 27.3. The summed E-state index contributed by atoms with van der Waals surface area (Å²) in [5.74, 6) is -1.98. The van der Waals surface area contributed by atoms with Crippen LogP contribution in [0.15, 0.2) is 30.6 Å². The molecule has 2 aromatic carbocycles. The van der Waals surface area contributed by atoms with Crippen LogP contribution in [0.3, 0.4) is 0 Å². The van der Waals surface area contributed by atoms with Crippen molar-refractivity contribution in [3.63, 3.8) is 0 Å². The molecule has 2 fully saturated rings. The summed E-state index contributed by atoms with van der Waals surface area (Å²) in [7, 11) is 1.89. The zero-order valence-corrected chi connectivity index (χ0v) is 23.0. The van der Waals surface area contributed by atoms with Crippen LogP contribution in [-0.2, 0) is 38.1 Å². The van der Waals surface area contributed by atoms with Gasteiger partial charge in [-0.1, -0.05) is 12.5 Å². The van der Waals surface area contributed by atoms with Gasteiger partial charge in [0, 0.05) is 44.5 Å². The highest BCUT2D eigenvalue weighted by atomic mass is 19.4. The maximum Gasteiger partial charge on any atom is 0.416 e. The van der Waals surface area contributed by atoms with Gasteiger partial charge in [0.25, 0.3) is 5.91 Å². The Morgan fingerprint density at radius 3 is 2.60 bits per heavy atom. The molecule has 1 atom stereocenters. The zero-order valence-electron chi connectivity index (χ0n) is 23.0. The van der Waals surface area contributed by atoms with E-state index in [0.29, 0.717) is 24.5 Å². The van der Waals surface area contributed by atoms with Gasteiger partial charge in [-0.25, -0.2) is 8.78 Å². The van der Waals surface area contributed by atoms with Gasteiger partial charge in [-0.15, -0.1) is 10.2 Å². The Kier molecular flexibility index (Phi) is 6.17. The molecule has 1 amide bonds. The second kappa shape index (κ2) is 9.48. The predicted molar refractivity (Wildman–Crippen MR) is 143 cm³/mol. The molecule has 12 heteroatoms. The normalized spacial score (nSPS) is 22.2. The van der Waals surface area contributed by atoms with Crippen molar-refractivity contribution in [3.8, 4) is 5.75 Å². The molecule has 0 bridgehead atoms. The summed E-state index contributed by atoms with van der Waals surface area (Å²) < 4.78 is 78.1. The summed E-state index contributed by atoms with van der Waals surface area (Å²) in [5.41, 5.74) is 1.15. The number of nitrogens with zero attached hydrogens (tertiary/aromatic N) is 4. The van der Waals surface area contributed by atoms with Crippen molar-refractivity contribution in [2.24, 2.45) is 7.05 Å². The summed E-state index contributed by atoms with van der Waals surface area (Å²) in [4.78, 5) is 15.2. The van der Waals surface area contributed by atoms with Gasteiger partial charge in [-0.3, -0.25) is 4.79 Å². The third-order valence-corrected chi connectivity index (χ3v) is 9.36. The molecule has 3 heterocycles. The van der Waals surface area contributed by atoms with Crippen LogP contribution in [0, 0.1) is 0 Å². The molecule has 1 N–H and O–H groups in total. The Balaban J connectivity index is 1.26. The lowest BCUT2D eigenvalue weighted by Gasteiger charge is -2.41. The van der Waals surface area contributed by atoms with E-state index in [1.54, 1.807) is 6.33 Å². The average Bonchev–Trinajstić information content (AvgIpc) is 3.69. The van der Waals surface area contributed by atoms with E-state index >= 15 is 0 Å². The highest BCUT2D eigenvalue weighted by molar-refractivity contribution is 6.11. The standard InChI is InChI=1S/C30H30F5N5O2/c1-39-16-37-38-27(39)28(5-2-6-28)19-11-18-4-8-42-25(18)24(12-19)40-15-22-21(26(40)41)9-17(10-23(22)30(33,34)35)14-36-20-3-7-29(31,32)13-20/h9-12,16,20,36H,2-8,13-15H2,1H3/t20-/m0/s1. The van der Waals surface area contributed by atoms with E-state index < -0.39 is 35.0 Å². The van der Waals surface area contributed by atoms with Crippen molar-refractivity contribution in [2.75, 3.05) is 11.5 Å². The van der Waals surface area contributed by atoms with E-state index in [2.05, 4.69) is 21.6 Å². The molecule has 2 aliphatic heterocycles.